The van der Waals surface area contributed by atoms with Gasteiger partial charge in [-0.15, -0.1) is 0 Å². The number of H-pyrrole nitrogens is 1. The molecule has 1 aliphatic rings. The first kappa shape index (κ1) is 19.2. The van der Waals surface area contributed by atoms with Crippen molar-refractivity contribution in [3.63, 3.8) is 0 Å². The topological polar surface area (TPSA) is 92.1 Å². The van der Waals surface area contributed by atoms with Gasteiger partial charge in [-0.1, -0.05) is 17.3 Å². The van der Waals surface area contributed by atoms with Crippen LogP contribution in [-0.4, -0.2) is 32.5 Å². The molecule has 1 aliphatic heterocycles. The summed E-state index contributed by atoms with van der Waals surface area (Å²) in [5, 5.41) is 4.12. The molecule has 1 N–H and O–H groups in total. The molecule has 0 spiro atoms. The maximum absolute atomic E-state index is 13.2. The van der Waals surface area contributed by atoms with E-state index in [1.54, 1.807) is 23.1 Å². The van der Waals surface area contributed by atoms with Crippen molar-refractivity contribution in [1.29, 1.82) is 0 Å². The summed E-state index contributed by atoms with van der Waals surface area (Å²) in [6.07, 6.45) is 1.03. The van der Waals surface area contributed by atoms with E-state index in [0.717, 1.165) is 16.8 Å². The molecule has 1 amide bonds. The van der Waals surface area contributed by atoms with Crippen LogP contribution >= 0.6 is 0 Å². The molecule has 0 saturated carbocycles. The molecule has 31 heavy (non-hydrogen) atoms. The highest BCUT2D eigenvalue weighted by molar-refractivity contribution is 5.78. The van der Waals surface area contributed by atoms with Crippen LogP contribution in [0.15, 0.2) is 57.8 Å². The molecule has 5 rings (SSSR count). The number of aromatic nitrogens is 3. The molecule has 2 aromatic carbocycles. The van der Waals surface area contributed by atoms with Crippen LogP contribution in [0.4, 0.5) is 4.39 Å². The molecule has 8 heteroatoms. The fourth-order valence-corrected chi connectivity index (χ4v) is 3.87. The largest absolute Gasteiger partial charge is 0.356 e. The third-order valence-electron chi connectivity index (χ3n) is 5.54. The number of carbonyl (C=O) groups is 1. The van der Waals surface area contributed by atoms with Crippen molar-refractivity contribution < 1.29 is 13.7 Å². The molecule has 0 saturated heterocycles. The van der Waals surface area contributed by atoms with Crippen LogP contribution in [0, 0.1) is 5.82 Å². The van der Waals surface area contributed by atoms with Crippen molar-refractivity contribution in [1.82, 2.24) is 20.0 Å². The van der Waals surface area contributed by atoms with Gasteiger partial charge in [0.05, 0.1) is 23.3 Å². The SMILES string of the molecule is O=C(CCc1nc2ccccc2[nH]c1=O)N1CCc2noc(-c3ccc(F)cc3)c2C1. The average molecular weight is 418 g/mol. The molecular weight excluding hydrogens is 399 g/mol. The molecule has 3 heterocycles. The minimum absolute atomic E-state index is 0.0636. The number of aryl methyl sites for hydroxylation is 1. The van der Waals surface area contributed by atoms with E-state index in [4.69, 9.17) is 4.52 Å². The van der Waals surface area contributed by atoms with Crippen molar-refractivity contribution in [2.75, 3.05) is 6.54 Å². The van der Waals surface area contributed by atoms with Gasteiger partial charge in [-0.3, -0.25) is 9.59 Å². The Morgan fingerprint density at radius 1 is 1.16 bits per heavy atom. The summed E-state index contributed by atoms with van der Waals surface area (Å²) in [6.45, 7) is 0.897. The molecule has 4 aromatic rings. The van der Waals surface area contributed by atoms with E-state index in [9.17, 15) is 14.0 Å². The van der Waals surface area contributed by atoms with E-state index in [1.165, 1.54) is 12.1 Å². The number of halogens is 1. The van der Waals surface area contributed by atoms with Gasteiger partial charge in [-0.25, -0.2) is 9.37 Å². The molecule has 156 valence electrons. The Bertz CT molecular complexity index is 1330. The van der Waals surface area contributed by atoms with Gasteiger partial charge in [0.25, 0.3) is 5.56 Å². The fourth-order valence-electron chi connectivity index (χ4n) is 3.87. The number of carbonyl (C=O) groups excluding carboxylic acids is 1. The van der Waals surface area contributed by atoms with Crippen molar-refractivity contribution in [2.45, 2.75) is 25.8 Å². The van der Waals surface area contributed by atoms with Crippen LogP contribution in [0.2, 0.25) is 0 Å². The normalized spacial score (nSPS) is 13.4. The van der Waals surface area contributed by atoms with E-state index in [1.807, 2.05) is 18.2 Å². The predicted molar refractivity (Wildman–Crippen MR) is 112 cm³/mol. The number of fused-ring (bicyclic) bond motifs is 2. The standard InChI is InChI=1S/C23H19FN4O3/c24-15-7-5-14(6-8-15)22-16-13-28(12-11-17(16)27-31-22)21(29)10-9-20-23(30)26-19-4-2-1-3-18(19)25-20/h1-8H,9-13H2,(H,26,30). The zero-order valence-electron chi connectivity index (χ0n) is 16.6. The monoisotopic (exact) mass is 418 g/mol. The van der Waals surface area contributed by atoms with Gasteiger partial charge in [0.1, 0.15) is 11.5 Å². The lowest BCUT2D eigenvalue weighted by molar-refractivity contribution is -0.132. The lowest BCUT2D eigenvalue weighted by Crippen LogP contribution is -2.36. The van der Waals surface area contributed by atoms with Crippen LogP contribution in [0.3, 0.4) is 0 Å². The third kappa shape index (κ3) is 3.72. The van der Waals surface area contributed by atoms with E-state index in [0.29, 0.717) is 42.0 Å². The summed E-state index contributed by atoms with van der Waals surface area (Å²) in [4.78, 5) is 34.1. The lowest BCUT2D eigenvalue weighted by atomic mass is 10.0. The lowest BCUT2D eigenvalue weighted by Gasteiger charge is -2.26. The highest BCUT2D eigenvalue weighted by atomic mass is 19.1. The number of hydrogen-bond acceptors (Lipinski definition) is 5. The van der Waals surface area contributed by atoms with Crippen molar-refractivity contribution in [3.05, 3.63) is 81.7 Å². The van der Waals surface area contributed by atoms with Gasteiger partial charge in [0.2, 0.25) is 5.91 Å². The summed E-state index contributed by atoms with van der Waals surface area (Å²) in [6, 6.07) is 13.3. The van der Waals surface area contributed by atoms with Crippen LogP contribution in [0.1, 0.15) is 23.4 Å². The first-order valence-corrected chi connectivity index (χ1v) is 10.1. The molecule has 0 radical (unpaired) electrons. The van der Waals surface area contributed by atoms with Gasteiger partial charge in [-0.05, 0) is 36.4 Å². The van der Waals surface area contributed by atoms with Gasteiger partial charge in [0.15, 0.2) is 5.76 Å². The summed E-state index contributed by atoms with van der Waals surface area (Å²) in [7, 11) is 0. The quantitative estimate of drug-likeness (QED) is 0.549. The van der Waals surface area contributed by atoms with Gasteiger partial charge in [0, 0.05) is 36.9 Å². The molecule has 2 aromatic heterocycles. The minimum Gasteiger partial charge on any atom is -0.356 e. The zero-order valence-corrected chi connectivity index (χ0v) is 16.6. The van der Waals surface area contributed by atoms with Gasteiger partial charge >= 0.3 is 0 Å². The number of benzene rings is 2. The number of nitrogens with one attached hydrogen (secondary N) is 1. The van der Waals surface area contributed by atoms with Crippen molar-refractivity contribution in [3.8, 4) is 11.3 Å². The highest BCUT2D eigenvalue weighted by Crippen LogP contribution is 2.30. The first-order valence-electron chi connectivity index (χ1n) is 10.1. The second-order valence-corrected chi connectivity index (χ2v) is 7.54. The van der Waals surface area contributed by atoms with E-state index < -0.39 is 0 Å². The maximum Gasteiger partial charge on any atom is 0.270 e. The summed E-state index contributed by atoms with van der Waals surface area (Å²) < 4.78 is 18.7. The summed E-state index contributed by atoms with van der Waals surface area (Å²) in [5.41, 5.74) is 3.82. The first-order chi connectivity index (χ1) is 15.1. The molecular formula is C23H19FN4O3. The maximum atomic E-state index is 13.2. The van der Waals surface area contributed by atoms with Crippen molar-refractivity contribution in [2.24, 2.45) is 0 Å². The van der Waals surface area contributed by atoms with Crippen LogP contribution in [0.5, 0.6) is 0 Å². The second-order valence-electron chi connectivity index (χ2n) is 7.54. The number of nitrogens with zero attached hydrogens (tertiary/aromatic N) is 3. The highest BCUT2D eigenvalue weighted by Gasteiger charge is 2.27. The molecule has 0 bridgehead atoms. The van der Waals surface area contributed by atoms with Gasteiger partial charge < -0.3 is 14.4 Å². The van der Waals surface area contributed by atoms with Crippen molar-refractivity contribution >= 4 is 16.9 Å². The van der Waals surface area contributed by atoms with Gasteiger partial charge in [-0.2, -0.15) is 0 Å². The Kier molecular flexibility index (Phi) is 4.82. The molecule has 0 aliphatic carbocycles. The second kappa shape index (κ2) is 7.79. The van der Waals surface area contributed by atoms with Crippen LogP contribution in [-0.2, 0) is 24.2 Å². The Labute approximate surface area is 176 Å². The number of aromatic amines is 1. The Hall–Kier alpha value is -3.81. The number of rotatable bonds is 4. The summed E-state index contributed by atoms with van der Waals surface area (Å²) in [5.74, 6) is 0.164. The van der Waals surface area contributed by atoms with E-state index >= 15 is 0 Å². The predicted octanol–water partition coefficient (Wildman–Crippen LogP) is 3.23. The molecule has 0 unspecified atom stereocenters. The zero-order chi connectivity index (χ0) is 21.4. The van der Waals surface area contributed by atoms with E-state index in [-0.39, 0.29) is 30.1 Å². The van der Waals surface area contributed by atoms with Crippen LogP contribution < -0.4 is 5.56 Å². The third-order valence-corrected chi connectivity index (χ3v) is 5.54. The fraction of sp³-hybridized carbons (Fsp3) is 0.217. The van der Waals surface area contributed by atoms with Crippen LogP contribution in [0.25, 0.3) is 22.4 Å². The smallest absolute Gasteiger partial charge is 0.270 e. The van der Waals surface area contributed by atoms with E-state index in [2.05, 4.69) is 15.1 Å². The molecule has 0 atom stereocenters. The molecule has 0 fully saturated rings. The Balaban J connectivity index is 1.31. The number of hydrogen-bond donors (Lipinski definition) is 1. The summed E-state index contributed by atoms with van der Waals surface area (Å²) >= 11 is 0. The Morgan fingerprint density at radius 2 is 1.97 bits per heavy atom. The Morgan fingerprint density at radius 3 is 2.81 bits per heavy atom. The minimum atomic E-state index is -0.328. The number of amides is 1. The number of para-hydroxylation sites is 2. The molecule has 7 nitrogen and oxygen atoms in total. The average Bonchev–Trinajstić information content (AvgIpc) is 3.21.